The van der Waals surface area contributed by atoms with E-state index in [4.69, 9.17) is 9.47 Å². The van der Waals surface area contributed by atoms with Gasteiger partial charge in [-0.2, -0.15) is 0 Å². The van der Waals surface area contributed by atoms with Gasteiger partial charge in [0, 0.05) is 19.7 Å². The summed E-state index contributed by atoms with van der Waals surface area (Å²) in [5.41, 5.74) is 2.30. The summed E-state index contributed by atoms with van der Waals surface area (Å²) in [5.74, 6) is 1.45. The smallest absolute Gasteiger partial charge is 0.119 e. The molecule has 0 amide bonds. The number of ether oxygens (including phenoxy) is 2. The van der Waals surface area contributed by atoms with Crippen LogP contribution in [0.15, 0.2) is 84.9 Å². The van der Waals surface area contributed by atoms with E-state index in [1.165, 1.54) is 0 Å². The van der Waals surface area contributed by atoms with Crippen LogP contribution in [0.4, 0.5) is 0 Å². The molecule has 1 unspecified atom stereocenters. The van der Waals surface area contributed by atoms with Crippen LogP contribution in [0.5, 0.6) is 11.5 Å². The number of rotatable bonds is 12. The molecule has 5 heteroatoms. The predicted octanol–water partition coefficient (Wildman–Crippen LogP) is 3.91. The lowest BCUT2D eigenvalue weighted by atomic mass is 9.96. The van der Waals surface area contributed by atoms with Gasteiger partial charge >= 0.3 is 0 Å². The van der Waals surface area contributed by atoms with Gasteiger partial charge < -0.3 is 19.7 Å². The quantitative estimate of drug-likeness (QED) is 0.464. The van der Waals surface area contributed by atoms with Crippen LogP contribution in [0.3, 0.4) is 0 Å². The molecule has 0 fully saturated rings. The topological polar surface area (TPSA) is 62.2 Å². The predicted molar refractivity (Wildman–Crippen MR) is 122 cm³/mol. The highest BCUT2D eigenvalue weighted by Gasteiger charge is 2.24. The maximum absolute atomic E-state index is 10.8. The van der Waals surface area contributed by atoms with E-state index < -0.39 is 6.10 Å². The van der Waals surface area contributed by atoms with Crippen LogP contribution in [0.25, 0.3) is 0 Å². The van der Waals surface area contributed by atoms with Gasteiger partial charge in [-0.05, 0) is 41.8 Å². The van der Waals surface area contributed by atoms with Gasteiger partial charge in [0.05, 0.1) is 13.2 Å². The second-order valence-electron chi connectivity index (χ2n) is 7.44. The first-order valence-corrected chi connectivity index (χ1v) is 10.6. The molecular weight excluding hydrogens is 390 g/mol. The molecule has 3 aromatic carbocycles. The monoisotopic (exact) mass is 421 g/mol. The second kappa shape index (κ2) is 12.1. The molecule has 3 rings (SSSR count). The number of methoxy groups -OCH3 is 1. The van der Waals surface area contributed by atoms with E-state index in [2.05, 4.69) is 29.2 Å². The van der Waals surface area contributed by atoms with E-state index in [0.29, 0.717) is 25.3 Å². The normalized spacial score (nSPS) is 12.2. The van der Waals surface area contributed by atoms with Crippen molar-refractivity contribution >= 4 is 0 Å². The summed E-state index contributed by atoms with van der Waals surface area (Å²) in [4.78, 5) is 2.21. The average molecular weight is 422 g/mol. The van der Waals surface area contributed by atoms with E-state index >= 15 is 0 Å². The minimum atomic E-state index is -0.685. The van der Waals surface area contributed by atoms with Crippen molar-refractivity contribution in [2.45, 2.75) is 18.6 Å². The molecule has 2 N–H and O–H groups in total. The molecule has 5 nitrogen and oxygen atoms in total. The Kier molecular flexibility index (Phi) is 8.91. The number of hydrogen-bond acceptors (Lipinski definition) is 5. The van der Waals surface area contributed by atoms with Crippen LogP contribution < -0.4 is 9.47 Å². The summed E-state index contributed by atoms with van der Waals surface area (Å²) in [6.07, 6.45) is -0.0573. The summed E-state index contributed by atoms with van der Waals surface area (Å²) in [6, 6.07) is 27.8. The number of benzene rings is 3. The highest BCUT2D eigenvalue weighted by molar-refractivity contribution is 5.32. The van der Waals surface area contributed by atoms with Crippen LogP contribution in [-0.2, 0) is 0 Å². The van der Waals surface area contributed by atoms with Crippen LogP contribution in [0, 0.1) is 0 Å². The van der Waals surface area contributed by atoms with Gasteiger partial charge in [0.1, 0.15) is 24.2 Å². The molecule has 0 saturated heterocycles. The number of hydrogen-bond donors (Lipinski definition) is 2. The number of aliphatic hydroxyl groups is 2. The Bertz CT molecular complexity index is 831. The summed E-state index contributed by atoms with van der Waals surface area (Å²) in [7, 11) is 1.62. The molecule has 0 aliphatic heterocycles. The molecule has 0 aromatic heterocycles. The van der Waals surface area contributed by atoms with Crippen molar-refractivity contribution in [3.05, 3.63) is 96.1 Å². The summed E-state index contributed by atoms with van der Waals surface area (Å²) >= 11 is 0. The maximum atomic E-state index is 10.8. The van der Waals surface area contributed by atoms with Gasteiger partial charge in [-0.1, -0.05) is 60.7 Å². The molecule has 0 spiro atoms. The Hall–Kier alpha value is -2.86. The maximum Gasteiger partial charge on any atom is 0.119 e. The third-order valence-corrected chi connectivity index (χ3v) is 5.15. The molecule has 0 aliphatic rings. The third-order valence-electron chi connectivity index (χ3n) is 5.15. The molecule has 0 heterocycles. The molecule has 0 aliphatic carbocycles. The van der Waals surface area contributed by atoms with Crippen molar-refractivity contribution in [2.24, 2.45) is 0 Å². The Morgan fingerprint density at radius 3 is 1.87 bits per heavy atom. The largest absolute Gasteiger partial charge is 0.497 e. The van der Waals surface area contributed by atoms with Crippen molar-refractivity contribution in [3.8, 4) is 11.5 Å². The standard InChI is InChI=1S/C26H31NO4/c1-30-24-13-15-25(16-14-24)31-20-23(29)19-27(17-8-18-28)26(21-9-4-2-5-10-21)22-11-6-3-7-12-22/h2-7,9-16,23,26,28-29H,8,17-20H2,1H3. The second-order valence-corrected chi connectivity index (χ2v) is 7.44. The molecule has 0 radical (unpaired) electrons. The Labute approximate surface area is 184 Å². The van der Waals surface area contributed by atoms with Gasteiger partial charge in [-0.15, -0.1) is 0 Å². The first kappa shape index (κ1) is 22.8. The van der Waals surface area contributed by atoms with Gasteiger partial charge in [0.15, 0.2) is 0 Å². The zero-order valence-corrected chi connectivity index (χ0v) is 17.9. The van der Waals surface area contributed by atoms with Gasteiger partial charge in [0.2, 0.25) is 0 Å². The molecule has 1 atom stereocenters. The number of aliphatic hydroxyl groups excluding tert-OH is 2. The van der Waals surface area contributed by atoms with Gasteiger partial charge in [-0.25, -0.2) is 0 Å². The van der Waals surface area contributed by atoms with E-state index in [1.54, 1.807) is 7.11 Å². The zero-order chi connectivity index (χ0) is 21.9. The van der Waals surface area contributed by atoms with Crippen molar-refractivity contribution in [1.82, 2.24) is 4.90 Å². The minimum Gasteiger partial charge on any atom is -0.497 e. The Morgan fingerprint density at radius 2 is 1.35 bits per heavy atom. The summed E-state index contributed by atoms with van der Waals surface area (Å²) in [6.45, 7) is 1.36. The van der Waals surface area contributed by atoms with E-state index in [9.17, 15) is 10.2 Å². The van der Waals surface area contributed by atoms with Gasteiger partial charge in [0.25, 0.3) is 0 Å². The van der Waals surface area contributed by atoms with Gasteiger partial charge in [-0.3, -0.25) is 4.90 Å². The lowest BCUT2D eigenvalue weighted by molar-refractivity contribution is 0.0551. The van der Waals surface area contributed by atoms with E-state index in [-0.39, 0.29) is 19.3 Å². The molecule has 0 saturated carbocycles. The van der Waals surface area contributed by atoms with E-state index in [1.807, 2.05) is 60.7 Å². The van der Waals surface area contributed by atoms with E-state index in [0.717, 1.165) is 16.9 Å². The molecule has 3 aromatic rings. The third kappa shape index (κ3) is 6.82. The van der Waals surface area contributed by atoms with Crippen molar-refractivity contribution in [1.29, 1.82) is 0 Å². The average Bonchev–Trinajstić information content (AvgIpc) is 2.83. The van der Waals surface area contributed by atoms with Crippen molar-refractivity contribution < 1.29 is 19.7 Å². The number of nitrogens with zero attached hydrogens (tertiary/aromatic N) is 1. The SMILES string of the molecule is COc1ccc(OCC(O)CN(CCCO)C(c2ccccc2)c2ccccc2)cc1. The Balaban J connectivity index is 1.74. The fraction of sp³-hybridized carbons (Fsp3) is 0.308. The van der Waals surface area contributed by atoms with Crippen LogP contribution >= 0.6 is 0 Å². The first-order chi connectivity index (χ1) is 15.2. The zero-order valence-electron chi connectivity index (χ0n) is 17.9. The molecule has 0 bridgehead atoms. The summed E-state index contributed by atoms with van der Waals surface area (Å²) < 4.78 is 10.9. The lowest BCUT2D eigenvalue weighted by Crippen LogP contribution is -2.39. The fourth-order valence-corrected chi connectivity index (χ4v) is 3.67. The molecule has 164 valence electrons. The fourth-order valence-electron chi connectivity index (χ4n) is 3.67. The van der Waals surface area contributed by atoms with Crippen LogP contribution in [0.1, 0.15) is 23.6 Å². The van der Waals surface area contributed by atoms with Crippen molar-refractivity contribution in [3.63, 3.8) is 0 Å². The minimum absolute atomic E-state index is 0.0235. The highest BCUT2D eigenvalue weighted by atomic mass is 16.5. The lowest BCUT2D eigenvalue weighted by Gasteiger charge is -2.34. The highest BCUT2D eigenvalue weighted by Crippen LogP contribution is 2.29. The molecular formula is C26H31NO4. The van der Waals surface area contributed by atoms with Crippen molar-refractivity contribution in [2.75, 3.05) is 33.4 Å². The summed E-state index contributed by atoms with van der Waals surface area (Å²) in [5, 5.41) is 20.2. The molecule has 31 heavy (non-hydrogen) atoms. The first-order valence-electron chi connectivity index (χ1n) is 10.6. The van der Waals surface area contributed by atoms with Crippen LogP contribution in [-0.4, -0.2) is 54.6 Å². The van der Waals surface area contributed by atoms with Crippen LogP contribution in [0.2, 0.25) is 0 Å². The Morgan fingerprint density at radius 1 is 0.806 bits per heavy atom.